The van der Waals surface area contributed by atoms with Crippen molar-refractivity contribution in [3.8, 4) is 0 Å². The zero-order valence-corrected chi connectivity index (χ0v) is 13.3. The second-order valence-electron chi connectivity index (χ2n) is 4.69. The van der Waals surface area contributed by atoms with Crippen LogP contribution in [-0.2, 0) is 20.9 Å². The quantitative estimate of drug-likeness (QED) is 0.846. The molecule has 0 saturated carbocycles. The van der Waals surface area contributed by atoms with Gasteiger partial charge in [0, 0.05) is 11.4 Å². The molecule has 0 aliphatic carbocycles. The van der Waals surface area contributed by atoms with E-state index in [0.29, 0.717) is 11.4 Å². The number of amides is 1. The van der Waals surface area contributed by atoms with Gasteiger partial charge in [-0.15, -0.1) is 0 Å². The highest BCUT2D eigenvalue weighted by Crippen LogP contribution is 2.08. The van der Waals surface area contributed by atoms with E-state index in [4.69, 9.17) is 17.3 Å². The van der Waals surface area contributed by atoms with Gasteiger partial charge in [0.1, 0.15) is 11.9 Å². The zero-order valence-electron chi connectivity index (χ0n) is 12.6. The van der Waals surface area contributed by atoms with Crippen LogP contribution in [-0.4, -0.2) is 25.1 Å². The highest BCUT2D eigenvalue weighted by atomic mass is 35.5. The molecule has 1 rings (SSSR count). The van der Waals surface area contributed by atoms with Crippen LogP contribution in [0.2, 0.25) is 5.02 Å². The molecular weight excluding hydrogens is 301 g/mol. The van der Waals surface area contributed by atoms with Crippen molar-refractivity contribution in [2.24, 2.45) is 5.73 Å². The van der Waals surface area contributed by atoms with E-state index in [1.54, 1.807) is 32.9 Å². The fourth-order valence-corrected chi connectivity index (χ4v) is 1.14. The SMILES string of the molecule is CC(C)(C)OC(N)=O.COF.O=CCc1ccc(Cl)cc1. The summed E-state index contributed by atoms with van der Waals surface area (Å²) in [4.78, 5) is 22.8. The Morgan fingerprint density at radius 2 is 1.76 bits per heavy atom. The highest BCUT2D eigenvalue weighted by Gasteiger charge is 2.12. The second kappa shape index (κ2) is 12.1. The molecule has 0 saturated heterocycles. The fraction of sp³-hybridized carbons (Fsp3) is 0.429. The van der Waals surface area contributed by atoms with Crippen molar-refractivity contribution < 1.29 is 23.8 Å². The normalized spacial score (nSPS) is 9.43. The van der Waals surface area contributed by atoms with Crippen molar-refractivity contribution in [1.82, 2.24) is 0 Å². The van der Waals surface area contributed by atoms with Crippen molar-refractivity contribution in [3.63, 3.8) is 0 Å². The molecule has 0 atom stereocenters. The summed E-state index contributed by atoms with van der Waals surface area (Å²) in [6, 6.07) is 7.24. The van der Waals surface area contributed by atoms with Gasteiger partial charge < -0.3 is 15.3 Å². The molecule has 1 amide bonds. The van der Waals surface area contributed by atoms with Crippen LogP contribution in [0, 0.1) is 0 Å². The van der Waals surface area contributed by atoms with E-state index in [0.717, 1.165) is 19.0 Å². The van der Waals surface area contributed by atoms with Gasteiger partial charge in [0.2, 0.25) is 0 Å². The summed E-state index contributed by atoms with van der Waals surface area (Å²) in [5, 5.41) is 0.703. The van der Waals surface area contributed by atoms with E-state index < -0.39 is 11.7 Å². The number of halogens is 2. The number of hydrogen-bond acceptors (Lipinski definition) is 4. The topological polar surface area (TPSA) is 78.6 Å². The van der Waals surface area contributed by atoms with Gasteiger partial charge in [0.05, 0.1) is 7.11 Å². The zero-order chi connectivity index (χ0) is 16.9. The predicted octanol–water partition coefficient (Wildman–Crippen LogP) is 3.48. The van der Waals surface area contributed by atoms with Gasteiger partial charge in [0.15, 0.2) is 0 Å². The van der Waals surface area contributed by atoms with Crippen LogP contribution in [0.3, 0.4) is 0 Å². The number of aldehydes is 1. The number of benzene rings is 1. The number of carbonyl (C=O) groups excluding carboxylic acids is 2. The van der Waals surface area contributed by atoms with Crippen molar-refractivity contribution >= 4 is 24.0 Å². The van der Waals surface area contributed by atoms with Crippen molar-refractivity contribution in [1.29, 1.82) is 0 Å². The summed E-state index contributed by atoms with van der Waals surface area (Å²) in [6.07, 6.45) is 0.623. The molecule has 0 aromatic heterocycles. The van der Waals surface area contributed by atoms with Crippen LogP contribution >= 0.6 is 11.6 Å². The molecule has 1 aromatic carbocycles. The van der Waals surface area contributed by atoms with Crippen molar-refractivity contribution in [2.45, 2.75) is 32.8 Å². The maximum absolute atomic E-state index is 10.0. The van der Waals surface area contributed by atoms with Gasteiger partial charge in [0.25, 0.3) is 0 Å². The van der Waals surface area contributed by atoms with E-state index in [-0.39, 0.29) is 0 Å². The lowest BCUT2D eigenvalue weighted by Gasteiger charge is -2.16. The largest absolute Gasteiger partial charge is 0.444 e. The van der Waals surface area contributed by atoms with Crippen molar-refractivity contribution in [3.05, 3.63) is 34.9 Å². The molecule has 5 nitrogen and oxygen atoms in total. The molecule has 0 unspecified atom stereocenters. The van der Waals surface area contributed by atoms with E-state index in [9.17, 15) is 14.1 Å². The molecule has 0 heterocycles. The number of nitrogens with two attached hydrogens (primary N) is 1. The molecule has 0 spiro atoms. The third-order valence-electron chi connectivity index (χ3n) is 1.64. The number of ether oxygens (including phenoxy) is 1. The smallest absolute Gasteiger partial charge is 0.405 e. The van der Waals surface area contributed by atoms with Gasteiger partial charge in [-0.05, 0) is 43.0 Å². The molecule has 0 radical (unpaired) electrons. The Hall–Kier alpha value is -1.66. The lowest BCUT2D eigenvalue weighted by Crippen LogP contribution is -2.27. The first kappa shape index (κ1) is 21.6. The predicted molar refractivity (Wildman–Crippen MR) is 79.8 cm³/mol. The maximum Gasteiger partial charge on any atom is 0.405 e. The number of carbonyl (C=O) groups is 2. The molecule has 1 aromatic rings. The van der Waals surface area contributed by atoms with Crippen LogP contribution in [0.5, 0.6) is 0 Å². The number of hydrogen-bond donors (Lipinski definition) is 1. The molecule has 0 fully saturated rings. The van der Waals surface area contributed by atoms with E-state index in [1.165, 1.54) is 0 Å². The Balaban J connectivity index is 0. The second-order valence-corrected chi connectivity index (χ2v) is 5.12. The first-order valence-corrected chi connectivity index (χ1v) is 6.35. The van der Waals surface area contributed by atoms with Crippen LogP contribution in [0.4, 0.5) is 9.32 Å². The van der Waals surface area contributed by atoms with Gasteiger partial charge >= 0.3 is 6.09 Å². The minimum absolute atomic E-state index is 0.453. The molecule has 21 heavy (non-hydrogen) atoms. The summed E-state index contributed by atoms with van der Waals surface area (Å²) < 4.78 is 14.4. The minimum atomic E-state index is -0.725. The molecule has 7 heteroatoms. The minimum Gasteiger partial charge on any atom is -0.444 e. The Kier molecular flexibility index (Phi) is 12.5. The summed E-state index contributed by atoms with van der Waals surface area (Å²) in [7, 11) is 0.958. The maximum atomic E-state index is 10.0. The number of primary amides is 1. The average molecular weight is 322 g/mol. The lowest BCUT2D eigenvalue weighted by atomic mass is 10.2. The number of rotatable bonds is 2. The summed E-state index contributed by atoms with van der Waals surface area (Å²) in [5.74, 6) is 0. The standard InChI is InChI=1S/C8H7ClO.C5H11NO2.CH3FO/c9-8-3-1-7(2-4-8)5-6-10;1-5(2,3)8-4(6)7;1-3-2/h1-4,6H,5H2;1-3H3,(H2,6,7);1H3. The van der Waals surface area contributed by atoms with E-state index in [2.05, 4.69) is 9.68 Å². The summed E-state index contributed by atoms with van der Waals surface area (Å²) in [6.45, 7) is 5.28. The van der Waals surface area contributed by atoms with Crippen LogP contribution in [0.15, 0.2) is 24.3 Å². The first-order valence-electron chi connectivity index (χ1n) is 5.97. The Morgan fingerprint density at radius 3 is 2.00 bits per heavy atom. The molecular formula is C14H21ClFNO4. The van der Waals surface area contributed by atoms with Crippen LogP contribution in [0.1, 0.15) is 26.3 Å². The third-order valence-corrected chi connectivity index (χ3v) is 1.89. The Morgan fingerprint density at radius 1 is 1.33 bits per heavy atom. The fourth-order valence-electron chi connectivity index (χ4n) is 1.02. The van der Waals surface area contributed by atoms with Gasteiger partial charge in [-0.3, -0.25) is 0 Å². The monoisotopic (exact) mass is 321 g/mol. The summed E-state index contributed by atoms with van der Waals surface area (Å²) in [5.41, 5.74) is 5.26. The summed E-state index contributed by atoms with van der Waals surface area (Å²) >= 11 is 5.62. The van der Waals surface area contributed by atoms with Gasteiger partial charge in [-0.25, -0.2) is 4.79 Å². The van der Waals surface area contributed by atoms with E-state index >= 15 is 0 Å². The average Bonchev–Trinajstić information content (AvgIpc) is 2.31. The Labute approximate surface area is 129 Å². The van der Waals surface area contributed by atoms with Crippen LogP contribution in [0.25, 0.3) is 0 Å². The molecule has 0 bridgehead atoms. The molecule has 0 aliphatic rings. The lowest BCUT2D eigenvalue weighted by molar-refractivity contribution is -0.107. The van der Waals surface area contributed by atoms with Crippen LogP contribution < -0.4 is 5.73 Å². The van der Waals surface area contributed by atoms with E-state index in [1.807, 2.05) is 12.1 Å². The Bertz CT molecular complexity index is 404. The molecule has 2 N–H and O–H groups in total. The highest BCUT2D eigenvalue weighted by molar-refractivity contribution is 6.30. The van der Waals surface area contributed by atoms with Gasteiger partial charge in [-0.1, -0.05) is 23.7 Å². The van der Waals surface area contributed by atoms with Gasteiger partial charge in [-0.2, -0.15) is 4.94 Å². The molecule has 0 aliphatic heterocycles. The third kappa shape index (κ3) is 18.3. The molecule has 120 valence electrons. The van der Waals surface area contributed by atoms with Crippen molar-refractivity contribution in [2.75, 3.05) is 7.11 Å². The first-order chi connectivity index (χ1) is 9.66.